The van der Waals surface area contributed by atoms with Crippen LogP contribution in [-0.2, 0) is 9.47 Å². The van der Waals surface area contributed by atoms with Crippen molar-refractivity contribution in [3.63, 3.8) is 0 Å². The average molecular weight is 148 g/mol. The van der Waals surface area contributed by atoms with E-state index in [2.05, 4.69) is 0 Å². The minimum atomic E-state index is -0.595. The summed E-state index contributed by atoms with van der Waals surface area (Å²) in [4.78, 5) is 0. The lowest BCUT2D eigenvalue weighted by Gasteiger charge is -2.26. The molecule has 0 saturated carbocycles. The summed E-state index contributed by atoms with van der Waals surface area (Å²) >= 11 is 0. The van der Waals surface area contributed by atoms with Crippen LogP contribution in [0.1, 0.15) is 20.8 Å². The van der Waals surface area contributed by atoms with Crippen LogP contribution in [0, 0.1) is 0 Å². The van der Waals surface area contributed by atoms with Gasteiger partial charge in [-0.15, -0.1) is 0 Å². The van der Waals surface area contributed by atoms with E-state index in [0.29, 0.717) is 0 Å². The molecule has 0 radical (unpaired) electrons. The van der Waals surface area contributed by atoms with E-state index >= 15 is 0 Å². The third-order valence-electron chi connectivity index (χ3n) is 1.23. The summed E-state index contributed by atoms with van der Waals surface area (Å²) in [5.41, 5.74) is 0. The fourth-order valence-corrected chi connectivity index (χ4v) is 0.570. The first kappa shape index (κ1) is 9.88. The molecule has 1 atom stereocenters. The second-order valence-electron chi connectivity index (χ2n) is 2.71. The number of hydrogen-bond donors (Lipinski definition) is 1. The maximum Gasteiger partial charge on any atom is 0.162 e. The minimum absolute atomic E-state index is 0.0206. The van der Waals surface area contributed by atoms with Gasteiger partial charge < -0.3 is 14.6 Å². The van der Waals surface area contributed by atoms with E-state index in [4.69, 9.17) is 14.6 Å². The zero-order chi connectivity index (χ0) is 8.20. The van der Waals surface area contributed by atoms with Crippen LogP contribution in [-0.4, -0.2) is 30.7 Å². The van der Waals surface area contributed by atoms with Crippen molar-refractivity contribution in [1.29, 1.82) is 0 Å². The van der Waals surface area contributed by atoms with Gasteiger partial charge in [0.15, 0.2) is 5.79 Å². The Kier molecular flexibility index (Phi) is 3.86. The van der Waals surface area contributed by atoms with Crippen LogP contribution >= 0.6 is 0 Å². The monoisotopic (exact) mass is 148 g/mol. The quantitative estimate of drug-likeness (QED) is 0.598. The lowest BCUT2D eigenvalue weighted by atomic mass is 10.3. The van der Waals surface area contributed by atoms with Gasteiger partial charge in [0, 0.05) is 7.11 Å². The standard InChI is InChI=1S/C7H16O3/c1-6(5-8)10-7(2,3)9-4/h6,8H,5H2,1-4H3. The molecule has 0 amide bonds. The van der Waals surface area contributed by atoms with Crippen LogP contribution in [0.15, 0.2) is 0 Å². The van der Waals surface area contributed by atoms with Gasteiger partial charge in [-0.1, -0.05) is 0 Å². The third kappa shape index (κ3) is 3.82. The maximum atomic E-state index is 8.61. The van der Waals surface area contributed by atoms with Gasteiger partial charge in [-0.3, -0.25) is 0 Å². The van der Waals surface area contributed by atoms with Gasteiger partial charge in [-0.25, -0.2) is 0 Å². The minimum Gasteiger partial charge on any atom is -0.394 e. The molecule has 0 aliphatic carbocycles. The Labute approximate surface area is 62.0 Å². The summed E-state index contributed by atoms with van der Waals surface area (Å²) in [6.07, 6.45) is -0.171. The van der Waals surface area contributed by atoms with Gasteiger partial charge in [0.25, 0.3) is 0 Å². The highest BCUT2D eigenvalue weighted by molar-refractivity contribution is 4.56. The fraction of sp³-hybridized carbons (Fsp3) is 1.00. The van der Waals surface area contributed by atoms with Crippen molar-refractivity contribution in [2.24, 2.45) is 0 Å². The lowest BCUT2D eigenvalue weighted by molar-refractivity contribution is -0.225. The molecule has 0 bridgehead atoms. The predicted molar refractivity (Wildman–Crippen MR) is 38.7 cm³/mol. The Hall–Kier alpha value is -0.120. The zero-order valence-electron chi connectivity index (χ0n) is 7.05. The third-order valence-corrected chi connectivity index (χ3v) is 1.23. The van der Waals surface area contributed by atoms with Crippen molar-refractivity contribution in [3.8, 4) is 0 Å². The first-order valence-electron chi connectivity index (χ1n) is 3.35. The van der Waals surface area contributed by atoms with E-state index in [-0.39, 0.29) is 12.7 Å². The summed E-state index contributed by atoms with van der Waals surface area (Å²) in [6.45, 7) is 5.42. The molecule has 10 heavy (non-hydrogen) atoms. The molecular weight excluding hydrogens is 132 g/mol. The van der Waals surface area contributed by atoms with Gasteiger partial charge in [0.1, 0.15) is 0 Å². The van der Waals surface area contributed by atoms with Gasteiger partial charge in [0.2, 0.25) is 0 Å². The molecular formula is C7H16O3. The number of aliphatic hydroxyl groups is 1. The second-order valence-corrected chi connectivity index (χ2v) is 2.71. The molecule has 3 nitrogen and oxygen atoms in total. The topological polar surface area (TPSA) is 38.7 Å². The van der Waals surface area contributed by atoms with E-state index in [0.717, 1.165) is 0 Å². The normalized spacial score (nSPS) is 15.3. The Morgan fingerprint density at radius 2 is 2.00 bits per heavy atom. The predicted octanol–water partition coefficient (Wildman–Crippen LogP) is 0.766. The molecule has 0 aromatic rings. The van der Waals surface area contributed by atoms with Crippen LogP contribution in [0.4, 0.5) is 0 Å². The smallest absolute Gasteiger partial charge is 0.162 e. The summed E-state index contributed by atoms with van der Waals surface area (Å²) in [6, 6.07) is 0. The molecule has 1 N–H and O–H groups in total. The Morgan fingerprint density at radius 1 is 1.50 bits per heavy atom. The van der Waals surface area contributed by atoms with Crippen molar-refractivity contribution in [2.75, 3.05) is 13.7 Å². The number of methoxy groups -OCH3 is 1. The summed E-state index contributed by atoms with van der Waals surface area (Å²) in [5.74, 6) is -0.595. The molecule has 0 aromatic carbocycles. The molecule has 0 saturated heterocycles. The van der Waals surface area contributed by atoms with Crippen molar-refractivity contribution < 1.29 is 14.6 Å². The van der Waals surface area contributed by atoms with Crippen LogP contribution in [0.25, 0.3) is 0 Å². The zero-order valence-corrected chi connectivity index (χ0v) is 7.05. The highest BCUT2D eigenvalue weighted by atomic mass is 16.7. The van der Waals surface area contributed by atoms with Crippen LogP contribution in [0.2, 0.25) is 0 Å². The lowest BCUT2D eigenvalue weighted by Crippen LogP contribution is -2.32. The molecule has 0 fully saturated rings. The largest absolute Gasteiger partial charge is 0.394 e. The molecule has 62 valence electrons. The van der Waals surface area contributed by atoms with Gasteiger partial charge in [0.05, 0.1) is 12.7 Å². The van der Waals surface area contributed by atoms with E-state index in [1.165, 1.54) is 0 Å². The van der Waals surface area contributed by atoms with Crippen LogP contribution in [0.5, 0.6) is 0 Å². The highest BCUT2D eigenvalue weighted by Crippen LogP contribution is 2.11. The van der Waals surface area contributed by atoms with Crippen molar-refractivity contribution in [3.05, 3.63) is 0 Å². The van der Waals surface area contributed by atoms with Gasteiger partial charge in [-0.2, -0.15) is 0 Å². The van der Waals surface area contributed by atoms with E-state index < -0.39 is 5.79 Å². The molecule has 0 aliphatic rings. The Balaban J connectivity index is 3.64. The molecule has 0 spiro atoms. The SMILES string of the molecule is COC(C)(C)OC(C)CO. The van der Waals surface area contributed by atoms with Crippen LogP contribution in [0.3, 0.4) is 0 Å². The molecule has 1 unspecified atom stereocenters. The molecule has 0 heterocycles. The first-order valence-corrected chi connectivity index (χ1v) is 3.35. The van der Waals surface area contributed by atoms with E-state index in [9.17, 15) is 0 Å². The number of rotatable bonds is 4. The van der Waals surface area contributed by atoms with Gasteiger partial charge >= 0.3 is 0 Å². The maximum absolute atomic E-state index is 8.61. The average Bonchev–Trinajstić information content (AvgIpc) is 1.87. The Bertz CT molecular complexity index is 90.9. The fourth-order valence-electron chi connectivity index (χ4n) is 0.570. The first-order chi connectivity index (χ1) is 4.52. The molecule has 0 aliphatic heterocycles. The van der Waals surface area contributed by atoms with Gasteiger partial charge in [-0.05, 0) is 20.8 Å². The molecule has 0 aromatic heterocycles. The van der Waals surface area contributed by atoms with Crippen molar-refractivity contribution in [2.45, 2.75) is 32.7 Å². The molecule has 0 rings (SSSR count). The number of hydrogen-bond acceptors (Lipinski definition) is 3. The van der Waals surface area contributed by atoms with Crippen LogP contribution < -0.4 is 0 Å². The van der Waals surface area contributed by atoms with E-state index in [1.807, 2.05) is 0 Å². The molecule has 3 heteroatoms. The summed E-state index contributed by atoms with van der Waals surface area (Å²) in [7, 11) is 1.57. The van der Waals surface area contributed by atoms with E-state index in [1.54, 1.807) is 27.9 Å². The Morgan fingerprint density at radius 3 is 2.30 bits per heavy atom. The second kappa shape index (κ2) is 3.91. The number of ether oxygens (including phenoxy) is 2. The highest BCUT2D eigenvalue weighted by Gasteiger charge is 2.19. The van der Waals surface area contributed by atoms with Crippen molar-refractivity contribution in [1.82, 2.24) is 0 Å². The van der Waals surface area contributed by atoms with Crippen molar-refractivity contribution >= 4 is 0 Å². The summed E-state index contributed by atoms with van der Waals surface area (Å²) in [5, 5.41) is 8.61. The number of aliphatic hydroxyl groups excluding tert-OH is 1. The summed E-state index contributed by atoms with van der Waals surface area (Å²) < 4.78 is 10.2.